The first-order valence-corrected chi connectivity index (χ1v) is 4.01. The van der Waals surface area contributed by atoms with E-state index in [2.05, 4.69) is 5.10 Å². The molecule has 6 heteroatoms. The molecule has 1 aromatic heterocycles. The minimum absolute atomic E-state index is 0.244. The van der Waals surface area contributed by atoms with Gasteiger partial charge in [0.15, 0.2) is 5.72 Å². The van der Waals surface area contributed by atoms with Gasteiger partial charge < -0.3 is 5.11 Å². The Morgan fingerprint density at radius 3 is 2.64 bits per heavy atom. The van der Waals surface area contributed by atoms with Crippen LogP contribution in [0.25, 0.3) is 0 Å². The summed E-state index contributed by atoms with van der Waals surface area (Å²) in [6.45, 7) is 0. The second kappa shape index (κ2) is 2.51. The van der Waals surface area contributed by atoms with Crippen molar-refractivity contribution in [2.24, 2.45) is 0 Å². The molecule has 14 heavy (non-hydrogen) atoms. The van der Waals surface area contributed by atoms with E-state index in [0.717, 1.165) is 4.68 Å². The molecule has 0 spiro atoms. The molecule has 0 amide bonds. The number of aliphatic hydroxyl groups is 1. The van der Waals surface area contributed by atoms with Gasteiger partial charge in [-0.15, -0.1) is 0 Å². The van der Waals surface area contributed by atoms with E-state index in [4.69, 9.17) is 5.26 Å². The molecule has 0 saturated heterocycles. The lowest BCUT2D eigenvalue weighted by molar-refractivity contribution is -0.251. The molecule has 1 heterocycles. The summed E-state index contributed by atoms with van der Waals surface area (Å²) in [5, 5.41) is 21.8. The van der Waals surface area contributed by atoms with Gasteiger partial charge in [0, 0.05) is 6.20 Å². The van der Waals surface area contributed by atoms with E-state index in [1.807, 2.05) is 0 Å². The van der Waals surface area contributed by atoms with Crippen molar-refractivity contribution in [3.63, 3.8) is 0 Å². The highest BCUT2D eigenvalue weighted by molar-refractivity contribution is 5.22. The summed E-state index contributed by atoms with van der Waals surface area (Å²) in [5.41, 5.74) is -1.38. The maximum absolute atomic E-state index is 12.5. The molecule has 1 aliphatic rings. The van der Waals surface area contributed by atoms with Crippen LogP contribution in [0.4, 0.5) is 8.78 Å². The average Bonchev–Trinajstić information content (AvgIpc) is 2.48. The van der Waals surface area contributed by atoms with E-state index in [1.165, 1.54) is 12.4 Å². The Morgan fingerprint density at radius 1 is 1.57 bits per heavy atom. The Kier molecular flexibility index (Phi) is 1.63. The first kappa shape index (κ1) is 9.09. The van der Waals surface area contributed by atoms with Crippen molar-refractivity contribution in [3.8, 4) is 6.07 Å². The number of hydrogen-bond acceptors (Lipinski definition) is 3. The molecular formula is C8H7F2N3O. The van der Waals surface area contributed by atoms with Gasteiger partial charge in [-0.05, 0) is 0 Å². The second-order valence-electron chi connectivity index (χ2n) is 3.48. The fraction of sp³-hybridized carbons (Fsp3) is 0.500. The quantitative estimate of drug-likeness (QED) is 0.728. The van der Waals surface area contributed by atoms with Gasteiger partial charge in [0.1, 0.15) is 6.07 Å². The molecular weight excluding hydrogens is 192 g/mol. The van der Waals surface area contributed by atoms with Crippen LogP contribution in [0.1, 0.15) is 18.4 Å². The van der Waals surface area contributed by atoms with Crippen LogP contribution < -0.4 is 0 Å². The summed E-state index contributed by atoms with van der Waals surface area (Å²) in [4.78, 5) is 0. The standard InChI is InChI=1S/C8H7F2N3O/c9-7(10)4-8(14,5-7)13-3-6(1-11)2-12-13/h2-3,14H,4-5H2. The topological polar surface area (TPSA) is 61.8 Å². The van der Waals surface area contributed by atoms with Gasteiger partial charge in [-0.3, -0.25) is 0 Å². The third kappa shape index (κ3) is 1.26. The van der Waals surface area contributed by atoms with Crippen molar-refractivity contribution in [2.75, 3.05) is 0 Å². The van der Waals surface area contributed by atoms with Gasteiger partial charge in [0.25, 0.3) is 5.92 Å². The van der Waals surface area contributed by atoms with E-state index in [-0.39, 0.29) is 5.56 Å². The molecule has 4 nitrogen and oxygen atoms in total. The third-order valence-electron chi connectivity index (χ3n) is 2.22. The normalized spacial score (nSPS) is 22.4. The molecule has 0 radical (unpaired) electrons. The number of nitrogens with zero attached hydrogens (tertiary/aromatic N) is 3. The largest absolute Gasteiger partial charge is 0.369 e. The van der Waals surface area contributed by atoms with Crippen LogP contribution in [-0.2, 0) is 5.72 Å². The molecule has 0 unspecified atom stereocenters. The maximum Gasteiger partial charge on any atom is 0.257 e. The first-order chi connectivity index (χ1) is 6.45. The zero-order chi connectivity index (χ0) is 10.4. The summed E-state index contributed by atoms with van der Waals surface area (Å²) >= 11 is 0. The Morgan fingerprint density at radius 2 is 2.21 bits per heavy atom. The SMILES string of the molecule is N#Cc1cnn(C2(O)CC(F)(F)C2)c1. The minimum atomic E-state index is -2.83. The monoisotopic (exact) mass is 199 g/mol. The van der Waals surface area contributed by atoms with Crippen LogP contribution in [0.15, 0.2) is 12.4 Å². The number of nitriles is 1. The predicted octanol–water partition coefficient (Wildman–Crippen LogP) is 0.829. The van der Waals surface area contributed by atoms with Gasteiger partial charge in [-0.2, -0.15) is 10.4 Å². The molecule has 1 N–H and O–H groups in total. The Bertz CT molecular complexity index is 399. The van der Waals surface area contributed by atoms with Gasteiger partial charge in [-0.25, -0.2) is 13.5 Å². The lowest BCUT2D eigenvalue weighted by atomic mass is 9.84. The maximum atomic E-state index is 12.5. The van der Waals surface area contributed by atoms with Crippen molar-refractivity contribution in [1.82, 2.24) is 9.78 Å². The molecule has 1 aromatic rings. The number of rotatable bonds is 1. The molecule has 0 aromatic carbocycles. The summed E-state index contributed by atoms with van der Waals surface area (Å²) < 4.78 is 26.1. The van der Waals surface area contributed by atoms with Gasteiger partial charge in [0.05, 0.1) is 24.6 Å². The average molecular weight is 199 g/mol. The lowest BCUT2D eigenvalue weighted by Gasteiger charge is -2.42. The Labute approximate surface area is 78.4 Å². The third-order valence-corrected chi connectivity index (χ3v) is 2.22. The van der Waals surface area contributed by atoms with Gasteiger partial charge in [0.2, 0.25) is 0 Å². The predicted molar refractivity (Wildman–Crippen MR) is 41.3 cm³/mol. The molecule has 1 aliphatic carbocycles. The zero-order valence-electron chi connectivity index (χ0n) is 7.11. The van der Waals surface area contributed by atoms with E-state index in [1.54, 1.807) is 6.07 Å². The highest BCUT2D eigenvalue weighted by Gasteiger charge is 2.57. The fourth-order valence-electron chi connectivity index (χ4n) is 1.55. The highest BCUT2D eigenvalue weighted by atomic mass is 19.3. The van der Waals surface area contributed by atoms with Crippen LogP contribution in [0.2, 0.25) is 0 Å². The van der Waals surface area contributed by atoms with E-state index >= 15 is 0 Å². The molecule has 1 saturated carbocycles. The lowest BCUT2D eigenvalue weighted by Crippen LogP contribution is -2.53. The Hall–Kier alpha value is -1.48. The number of hydrogen-bond donors (Lipinski definition) is 1. The molecule has 0 atom stereocenters. The van der Waals surface area contributed by atoms with Crippen molar-refractivity contribution < 1.29 is 13.9 Å². The minimum Gasteiger partial charge on any atom is -0.369 e. The number of alkyl halides is 2. The van der Waals surface area contributed by atoms with Crippen LogP contribution in [0.3, 0.4) is 0 Å². The summed E-state index contributed by atoms with van der Waals surface area (Å²) in [6, 6.07) is 1.81. The van der Waals surface area contributed by atoms with Gasteiger partial charge >= 0.3 is 0 Å². The van der Waals surface area contributed by atoms with Crippen molar-refractivity contribution in [3.05, 3.63) is 18.0 Å². The first-order valence-electron chi connectivity index (χ1n) is 4.01. The van der Waals surface area contributed by atoms with Crippen LogP contribution >= 0.6 is 0 Å². The zero-order valence-corrected chi connectivity index (χ0v) is 7.11. The molecule has 74 valence electrons. The number of aromatic nitrogens is 2. The summed E-state index contributed by atoms with van der Waals surface area (Å²) in [6.07, 6.45) is 1.20. The van der Waals surface area contributed by atoms with Crippen molar-refractivity contribution >= 4 is 0 Å². The van der Waals surface area contributed by atoms with Crippen LogP contribution in [-0.4, -0.2) is 20.8 Å². The summed E-state index contributed by atoms with van der Waals surface area (Å²) in [7, 11) is 0. The van der Waals surface area contributed by atoms with E-state index in [0.29, 0.717) is 0 Å². The van der Waals surface area contributed by atoms with Crippen LogP contribution in [0.5, 0.6) is 0 Å². The molecule has 0 bridgehead atoms. The number of halogens is 2. The molecule has 1 fully saturated rings. The summed E-state index contributed by atoms with van der Waals surface area (Å²) in [5.74, 6) is -2.83. The van der Waals surface area contributed by atoms with Gasteiger partial charge in [-0.1, -0.05) is 0 Å². The fourth-order valence-corrected chi connectivity index (χ4v) is 1.55. The van der Waals surface area contributed by atoms with Crippen molar-refractivity contribution in [2.45, 2.75) is 24.5 Å². The van der Waals surface area contributed by atoms with Crippen molar-refractivity contribution in [1.29, 1.82) is 5.26 Å². The smallest absolute Gasteiger partial charge is 0.257 e. The van der Waals surface area contributed by atoms with E-state index < -0.39 is 24.5 Å². The Balaban J connectivity index is 2.22. The molecule has 2 rings (SSSR count). The molecule has 0 aliphatic heterocycles. The van der Waals surface area contributed by atoms with E-state index in [9.17, 15) is 13.9 Å². The van der Waals surface area contributed by atoms with Crippen LogP contribution in [0, 0.1) is 11.3 Å². The second-order valence-corrected chi connectivity index (χ2v) is 3.48. The highest BCUT2D eigenvalue weighted by Crippen LogP contribution is 2.48.